The highest BCUT2D eigenvalue weighted by Crippen LogP contribution is 2.33. The number of nitrogens with zero attached hydrogens (tertiary/aromatic N) is 4. The Balaban J connectivity index is 1.58. The summed E-state index contributed by atoms with van der Waals surface area (Å²) in [6.07, 6.45) is 1.60. The number of benzene rings is 2. The fraction of sp³-hybridized carbons (Fsp3) is 0.211. The SMILES string of the molecule is CCN(c1ccccc1)c1nncc(Nc2ccc3c(c2)OCCO3)n1. The van der Waals surface area contributed by atoms with Crippen molar-refractivity contribution in [1.29, 1.82) is 0 Å². The van der Waals surface area contributed by atoms with Crippen LogP contribution in [0.3, 0.4) is 0 Å². The maximum atomic E-state index is 5.62. The molecule has 4 rings (SSSR count). The summed E-state index contributed by atoms with van der Waals surface area (Å²) >= 11 is 0. The number of anilines is 4. The average Bonchev–Trinajstić information content (AvgIpc) is 2.70. The molecule has 2 heterocycles. The lowest BCUT2D eigenvalue weighted by Crippen LogP contribution is -2.19. The minimum absolute atomic E-state index is 0.543. The normalized spacial score (nSPS) is 12.5. The molecular formula is C19H19N5O2. The molecule has 1 aliphatic rings. The number of hydrogen-bond acceptors (Lipinski definition) is 7. The molecular weight excluding hydrogens is 330 g/mol. The van der Waals surface area contributed by atoms with Gasteiger partial charge in [-0.05, 0) is 31.2 Å². The second-order valence-electron chi connectivity index (χ2n) is 5.70. The Bertz CT molecular complexity index is 888. The van der Waals surface area contributed by atoms with Crippen LogP contribution in [0, 0.1) is 0 Å². The average molecular weight is 349 g/mol. The van der Waals surface area contributed by atoms with Crippen molar-refractivity contribution in [3.63, 3.8) is 0 Å². The van der Waals surface area contributed by atoms with Crippen molar-refractivity contribution in [3.05, 3.63) is 54.7 Å². The number of hydrogen-bond donors (Lipinski definition) is 1. The molecule has 0 atom stereocenters. The van der Waals surface area contributed by atoms with E-state index in [1.807, 2.05) is 53.4 Å². The van der Waals surface area contributed by atoms with E-state index in [4.69, 9.17) is 9.47 Å². The Kier molecular flexibility index (Phi) is 4.51. The largest absolute Gasteiger partial charge is 0.486 e. The molecule has 1 aliphatic heterocycles. The minimum Gasteiger partial charge on any atom is -0.486 e. The molecule has 0 saturated heterocycles. The van der Waals surface area contributed by atoms with Crippen LogP contribution in [-0.2, 0) is 0 Å². The standard InChI is InChI=1S/C19H19N5O2/c1-2-24(15-6-4-3-5-7-15)19-22-18(13-20-23-19)21-14-8-9-16-17(12-14)26-11-10-25-16/h3-9,12-13H,2,10-11H2,1H3,(H,21,22,23). The summed E-state index contributed by atoms with van der Waals surface area (Å²) in [5.74, 6) is 2.63. The van der Waals surface area contributed by atoms with E-state index in [2.05, 4.69) is 27.4 Å². The van der Waals surface area contributed by atoms with Crippen molar-refractivity contribution >= 4 is 23.1 Å². The van der Waals surface area contributed by atoms with Crippen LogP contribution in [0.5, 0.6) is 11.5 Å². The molecule has 3 aromatic rings. The zero-order chi connectivity index (χ0) is 17.8. The van der Waals surface area contributed by atoms with Gasteiger partial charge in [0.15, 0.2) is 17.3 Å². The van der Waals surface area contributed by atoms with Gasteiger partial charge < -0.3 is 19.7 Å². The zero-order valence-corrected chi connectivity index (χ0v) is 14.4. The summed E-state index contributed by atoms with van der Waals surface area (Å²) in [5.41, 5.74) is 1.87. The van der Waals surface area contributed by atoms with E-state index >= 15 is 0 Å². The quantitative estimate of drug-likeness (QED) is 0.755. The number of fused-ring (bicyclic) bond motifs is 1. The van der Waals surface area contributed by atoms with Gasteiger partial charge in [0, 0.05) is 24.0 Å². The highest BCUT2D eigenvalue weighted by Gasteiger charge is 2.14. The topological polar surface area (TPSA) is 72.4 Å². The van der Waals surface area contributed by atoms with Crippen molar-refractivity contribution in [2.75, 3.05) is 30.0 Å². The monoisotopic (exact) mass is 349 g/mol. The molecule has 0 unspecified atom stereocenters. The molecule has 7 heteroatoms. The molecule has 0 amide bonds. The third-order valence-corrected chi connectivity index (χ3v) is 3.99. The van der Waals surface area contributed by atoms with E-state index in [1.54, 1.807) is 6.20 Å². The van der Waals surface area contributed by atoms with Gasteiger partial charge in [-0.25, -0.2) is 0 Å². The third kappa shape index (κ3) is 3.37. The first kappa shape index (κ1) is 16.1. The first-order valence-corrected chi connectivity index (χ1v) is 8.52. The van der Waals surface area contributed by atoms with E-state index in [-0.39, 0.29) is 0 Å². The van der Waals surface area contributed by atoms with Crippen LogP contribution in [0.25, 0.3) is 0 Å². The van der Waals surface area contributed by atoms with Crippen LogP contribution in [0.2, 0.25) is 0 Å². The maximum absolute atomic E-state index is 5.62. The summed E-state index contributed by atoms with van der Waals surface area (Å²) in [5, 5.41) is 11.5. The van der Waals surface area contributed by atoms with Crippen LogP contribution < -0.4 is 19.7 Å². The van der Waals surface area contributed by atoms with Gasteiger partial charge in [-0.1, -0.05) is 18.2 Å². The van der Waals surface area contributed by atoms with Gasteiger partial charge in [-0.3, -0.25) is 0 Å². The van der Waals surface area contributed by atoms with Gasteiger partial charge in [0.2, 0.25) is 0 Å². The van der Waals surface area contributed by atoms with Gasteiger partial charge >= 0.3 is 0 Å². The van der Waals surface area contributed by atoms with Crippen molar-refractivity contribution in [2.24, 2.45) is 0 Å². The summed E-state index contributed by atoms with van der Waals surface area (Å²) in [6.45, 7) is 3.92. The summed E-state index contributed by atoms with van der Waals surface area (Å²) in [4.78, 5) is 6.60. The predicted molar refractivity (Wildman–Crippen MR) is 99.7 cm³/mol. The lowest BCUT2D eigenvalue weighted by atomic mass is 10.2. The Morgan fingerprint density at radius 3 is 2.65 bits per heavy atom. The van der Waals surface area contributed by atoms with E-state index in [0.717, 1.165) is 29.4 Å². The Hall–Kier alpha value is -3.35. The molecule has 132 valence electrons. The summed E-state index contributed by atoms with van der Waals surface area (Å²) < 4.78 is 11.2. The fourth-order valence-corrected chi connectivity index (χ4v) is 2.79. The number of nitrogens with one attached hydrogen (secondary N) is 1. The van der Waals surface area contributed by atoms with E-state index in [9.17, 15) is 0 Å². The number of para-hydroxylation sites is 1. The minimum atomic E-state index is 0.543. The van der Waals surface area contributed by atoms with Crippen LogP contribution in [0.15, 0.2) is 54.7 Å². The second kappa shape index (κ2) is 7.26. The second-order valence-corrected chi connectivity index (χ2v) is 5.70. The molecule has 2 aromatic carbocycles. The molecule has 0 aliphatic carbocycles. The number of aromatic nitrogens is 3. The molecule has 0 bridgehead atoms. The van der Waals surface area contributed by atoms with Crippen LogP contribution >= 0.6 is 0 Å². The lowest BCUT2D eigenvalue weighted by Gasteiger charge is -2.21. The van der Waals surface area contributed by atoms with Crippen LogP contribution in [0.4, 0.5) is 23.1 Å². The van der Waals surface area contributed by atoms with Crippen molar-refractivity contribution in [3.8, 4) is 11.5 Å². The maximum Gasteiger partial charge on any atom is 0.251 e. The first-order chi connectivity index (χ1) is 12.8. The highest BCUT2D eigenvalue weighted by atomic mass is 16.6. The van der Waals surface area contributed by atoms with E-state index in [0.29, 0.717) is 25.0 Å². The smallest absolute Gasteiger partial charge is 0.251 e. The zero-order valence-electron chi connectivity index (χ0n) is 14.4. The molecule has 0 radical (unpaired) electrons. The highest BCUT2D eigenvalue weighted by molar-refractivity contribution is 5.63. The van der Waals surface area contributed by atoms with E-state index in [1.165, 1.54) is 0 Å². The van der Waals surface area contributed by atoms with Gasteiger partial charge in [0.25, 0.3) is 5.95 Å². The van der Waals surface area contributed by atoms with Gasteiger partial charge in [-0.2, -0.15) is 10.1 Å². The number of ether oxygens (including phenoxy) is 2. The fourth-order valence-electron chi connectivity index (χ4n) is 2.79. The molecule has 0 fully saturated rings. The van der Waals surface area contributed by atoms with Gasteiger partial charge in [0.1, 0.15) is 13.2 Å². The number of rotatable bonds is 5. The van der Waals surface area contributed by atoms with E-state index < -0.39 is 0 Å². The van der Waals surface area contributed by atoms with Crippen molar-refractivity contribution < 1.29 is 9.47 Å². The molecule has 0 saturated carbocycles. The Morgan fingerprint density at radius 1 is 1.04 bits per heavy atom. The van der Waals surface area contributed by atoms with Crippen LogP contribution in [-0.4, -0.2) is 34.9 Å². The van der Waals surface area contributed by atoms with Gasteiger partial charge in [-0.15, -0.1) is 5.10 Å². The summed E-state index contributed by atoms with van der Waals surface area (Å²) in [6, 6.07) is 15.7. The van der Waals surface area contributed by atoms with Crippen molar-refractivity contribution in [2.45, 2.75) is 6.92 Å². The van der Waals surface area contributed by atoms with Crippen LogP contribution in [0.1, 0.15) is 6.92 Å². The van der Waals surface area contributed by atoms with Gasteiger partial charge in [0.05, 0.1) is 6.20 Å². The first-order valence-electron chi connectivity index (χ1n) is 8.52. The summed E-state index contributed by atoms with van der Waals surface area (Å²) in [7, 11) is 0. The lowest BCUT2D eigenvalue weighted by molar-refractivity contribution is 0.171. The molecule has 0 spiro atoms. The Labute approximate surface area is 151 Å². The predicted octanol–water partition coefficient (Wildman–Crippen LogP) is 3.54. The molecule has 26 heavy (non-hydrogen) atoms. The molecule has 1 aromatic heterocycles. The molecule has 1 N–H and O–H groups in total. The molecule has 7 nitrogen and oxygen atoms in total. The van der Waals surface area contributed by atoms with Crippen molar-refractivity contribution in [1.82, 2.24) is 15.2 Å². The Morgan fingerprint density at radius 2 is 1.85 bits per heavy atom. The third-order valence-electron chi connectivity index (χ3n) is 3.99.